The summed E-state index contributed by atoms with van der Waals surface area (Å²) >= 11 is 6.54. The molecule has 3 aliphatic heterocycles. The summed E-state index contributed by atoms with van der Waals surface area (Å²) in [7, 11) is -3.05. The largest absolute Gasteiger partial charge is 0.441 e. The van der Waals surface area contributed by atoms with Crippen LogP contribution in [-0.4, -0.2) is 72.3 Å². The van der Waals surface area contributed by atoms with E-state index in [4.69, 9.17) is 21.1 Å². The molecular formula is C37H42ClN3O8Si. The lowest BCUT2D eigenvalue weighted by molar-refractivity contribution is -0.154. The molecule has 2 N–H and O–H groups in total. The van der Waals surface area contributed by atoms with E-state index in [1.807, 2.05) is 49.4 Å². The molecule has 3 aromatic rings. The van der Waals surface area contributed by atoms with Gasteiger partial charge in [0, 0.05) is 47.7 Å². The van der Waals surface area contributed by atoms with E-state index in [0.717, 1.165) is 11.1 Å². The number of nitrogens with zero attached hydrogens (tertiary/aromatic N) is 3. The minimum atomic E-state index is -3.05. The van der Waals surface area contributed by atoms with Gasteiger partial charge < -0.3 is 29.2 Å². The van der Waals surface area contributed by atoms with Gasteiger partial charge in [0.05, 0.1) is 37.8 Å². The molecule has 0 bridgehead atoms. The van der Waals surface area contributed by atoms with E-state index in [1.165, 1.54) is 11.8 Å². The molecule has 3 heterocycles. The quantitative estimate of drug-likeness (QED) is 0.165. The Morgan fingerprint density at radius 1 is 1.06 bits per heavy atom. The van der Waals surface area contributed by atoms with Gasteiger partial charge in [-0.1, -0.05) is 61.0 Å². The van der Waals surface area contributed by atoms with Gasteiger partial charge in [0.25, 0.3) is 5.91 Å². The van der Waals surface area contributed by atoms with Crippen LogP contribution in [0.3, 0.4) is 0 Å². The number of ether oxygens (including phenoxy) is 2. The summed E-state index contributed by atoms with van der Waals surface area (Å²) in [6.45, 7) is 7.21. The molecule has 3 amide bonds. The predicted octanol–water partition coefficient (Wildman–Crippen LogP) is 4.72. The van der Waals surface area contributed by atoms with Gasteiger partial charge in [-0.25, -0.2) is 0 Å². The number of aliphatic hydroxyl groups excluding tert-OH is 1. The van der Waals surface area contributed by atoms with Gasteiger partial charge >= 0.3 is 5.97 Å². The number of hydrogen-bond donors (Lipinski definition) is 2. The van der Waals surface area contributed by atoms with Crippen LogP contribution in [0.25, 0.3) is 0 Å². The monoisotopic (exact) mass is 719 g/mol. The number of β-lactam (4-membered cyclic amide) rings is 1. The Bertz CT molecular complexity index is 1790. The number of carbonyl (C=O) groups excluding carboxylic acids is 4. The standard InChI is InChI=1S/C37H42ClN3O8Si/c1-23-35(50(3,4)47)31(19-32(44)39(16-17-42)21-25-8-6-5-7-9-25)49-37(23)29-18-27(38)12-15-30(29)40(36(37)46)22-26-10-13-28(14-11-26)41-33(45)20-34(41)48-24(2)43/h5-15,18,23,31,34-35,42,47H,16-17,19-22H2,1-4H3/t23-,31+,34?,35-,37+/m0/s1. The number of esters is 1. The number of aliphatic hydroxyl groups is 1. The van der Waals surface area contributed by atoms with Crippen LogP contribution in [0.15, 0.2) is 72.8 Å². The van der Waals surface area contributed by atoms with Crippen molar-refractivity contribution in [2.45, 2.75) is 76.3 Å². The highest BCUT2D eigenvalue weighted by Gasteiger charge is 2.66. The van der Waals surface area contributed by atoms with Crippen molar-refractivity contribution in [3.63, 3.8) is 0 Å². The summed E-state index contributed by atoms with van der Waals surface area (Å²) in [6, 6.07) is 21.9. The predicted molar refractivity (Wildman–Crippen MR) is 189 cm³/mol. The van der Waals surface area contributed by atoms with Gasteiger partial charge in [0.15, 0.2) is 20.1 Å². The summed E-state index contributed by atoms with van der Waals surface area (Å²) in [5.41, 5.74) is 1.51. The van der Waals surface area contributed by atoms with Crippen molar-refractivity contribution in [2.24, 2.45) is 5.92 Å². The van der Waals surface area contributed by atoms with E-state index in [-0.39, 0.29) is 50.3 Å². The lowest BCUT2D eigenvalue weighted by atomic mass is 9.82. The van der Waals surface area contributed by atoms with E-state index in [0.29, 0.717) is 28.5 Å². The van der Waals surface area contributed by atoms with Gasteiger partial charge in [-0.2, -0.15) is 0 Å². The summed E-state index contributed by atoms with van der Waals surface area (Å²) in [6.07, 6.45) is -1.37. The third-order valence-corrected chi connectivity index (χ3v) is 12.8. The molecule has 1 unspecified atom stereocenters. The minimum absolute atomic E-state index is 0.0746. The number of fused-ring (bicyclic) bond motifs is 2. The molecule has 5 atom stereocenters. The van der Waals surface area contributed by atoms with Crippen molar-refractivity contribution >= 4 is 55.0 Å². The molecule has 0 aromatic heterocycles. The summed E-state index contributed by atoms with van der Waals surface area (Å²) in [5.74, 6) is -1.68. The van der Waals surface area contributed by atoms with Crippen molar-refractivity contribution in [3.8, 4) is 0 Å². The van der Waals surface area contributed by atoms with Crippen molar-refractivity contribution in [1.82, 2.24) is 4.90 Å². The lowest BCUT2D eigenvalue weighted by Crippen LogP contribution is -2.54. The maximum Gasteiger partial charge on any atom is 0.304 e. The first-order valence-electron chi connectivity index (χ1n) is 16.8. The van der Waals surface area contributed by atoms with Crippen LogP contribution < -0.4 is 9.80 Å². The minimum Gasteiger partial charge on any atom is -0.441 e. The van der Waals surface area contributed by atoms with E-state index in [2.05, 4.69) is 0 Å². The van der Waals surface area contributed by atoms with Gasteiger partial charge in [-0.05, 0) is 54.6 Å². The average Bonchev–Trinajstić information content (AvgIpc) is 3.47. The molecule has 264 valence electrons. The second kappa shape index (κ2) is 13.9. The number of halogens is 1. The zero-order valence-corrected chi connectivity index (χ0v) is 30.3. The molecule has 3 aliphatic rings. The Morgan fingerprint density at radius 3 is 2.38 bits per heavy atom. The fourth-order valence-corrected chi connectivity index (χ4v) is 10.6. The lowest BCUT2D eigenvalue weighted by Gasteiger charge is -2.39. The number of amides is 3. The second-order valence-electron chi connectivity index (χ2n) is 13.8. The maximum atomic E-state index is 14.8. The van der Waals surface area contributed by atoms with Crippen molar-refractivity contribution in [3.05, 3.63) is 94.5 Å². The zero-order valence-electron chi connectivity index (χ0n) is 28.5. The number of rotatable bonds is 11. The topological polar surface area (TPSA) is 137 Å². The number of benzene rings is 3. The number of carbonyl (C=O) groups is 4. The first kappa shape index (κ1) is 35.7. The van der Waals surface area contributed by atoms with Crippen molar-refractivity contribution in [1.29, 1.82) is 0 Å². The molecule has 3 aromatic carbocycles. The van der Waals surface area contributed by atoms with Crippen LogP contribution in [0.4, 0.5) is 11.4 Å². The van der Waals surface area contributed by atoms with Gasteiger partial charge in [0.1, 0.15) is 0 Å². The van der Waals surface area contributed by atoms with Gasteiger partial charge in [-0.3, -0.25) is 24.1 Å². The van der Waals surface area contributed by atoms with Crippen LogP contribution in [0.1, 0.15) is 43.4 Å². The average molecular weight is 720 g/mol. The van der Waals surface area contributed by atoms with E-state index in [9.17, 15) is 29.1 Å². The Hall–Kier alpha value is -4.07. The zero-order chi connectivity index (χ0) is 36.0. The molecule has 50 heavy (non-hydrogen) atoms. The maximum absolute atomic E-state index is 14.8. The third-order valence-electron chi connectivity index (χ3n) is 10.0. The molecule has 0 aliphatic carbocycles. The first-order valence-corrected chi connectivity index (χ1v) is 20.2. The molecule has 6 rings (SSSR count). The second-order valence-corrected chi connectivity index (χ2v) is 18.3. The van der Waals surface area contributed by atoms with Crippen LogP contribution >= 0.6 is 11.6 Å². The Labute approximate surface area is 297 Å². The Balaban J connectivity index is 1.29. The van der Waals surface area contributed by atoms with Crippen molar-refractivity contribution < 1.29 is 38.6 Å². The van der Waals surface area contributed by atoms with E-state index >= 15 is 0 Å². The molecule has 2 fully saturated rings. The molecule has 11 nitrogen and oxygen atoms in total. The van der Waals surface area contributed by atoms with Crippen molar-refractivity contribution in [2.75, 3.05) is 23.0 Å². The third kappa shape index (κ3) is 6.58. The summed E-state index contributed by atoms with van der Waals surface area (Å²) in [4.78, 5) is 68.7. The fraction of sp³-hybridized carbons (Fsp3) is 0.405. The Morgan fingerprint density at radius 2 is 1.76 bits per heavy atom. The molecule has 2 saturated heterocycles. The SMILES string of the molecule is CC(=O)OC1CC(=O)N1c1ccc(CN2C(=O)[C@]3(O[C@H](CC(=O)N(CCO)Cc4ccccc4)[C@@H]([Si](C)(C)O)[C@@H]3C)c3cc(Cl)ccc32)cc1. The van der Waals surface area contributed by atoms with E-state index in [1.54, 1.807) is 53.2 Å². The summed E-state index contributed by atoms with van der Waals surface area (Å²) < 4.78 is 12.1. The van der Waals surface area contributed by atoms with Crippen LogP contribution in [0, 0.1) is 5.92 Å². The number of anilines is 2. The van der Waals surface area contributed by atoms with E-state index < -0.39 is 43.7 Å². The smallest absolute Gasteiger partial charge is 0.304 e. The molecular weight excluding hydrogens is 678 g/mol. The first-order chi connectivity index (χ1) is 23.7. The molecule has 0 radical (unpaired) electrons. The van der Waals surface area contributed by atoms with Crippen LogP contribution in [0.5, 0.6) is 0 Å². The molecule has 13 heteroatoms. The summed E-state index contributed by atoms with van der Waals surface area (Å²) in [5, 5.41) is 10.2. The fourth-order valence-electron chi connectivity index (χ4n) is 7.85. The number of hydrogen-bond acceptors (Lipinski definition) is 8. The molecule has 0 saturated carbocycles. The van der Waals surface area contributed by atoms with Gasteiger partial charge in [0.2, 0.25) is 11.8 Å². The highest BCUT2D eigenvalue weighted by atomic mass is 35.5. The van der Waals surface area contributed by atoms with Crippen LogP contribution in [-0.2, 0) is 47.3 Å². The Kier molecular flexibility index (Phi) is 9.95. The normalized spacial score (nSPS) is 24.4. The highest BCUT2D eigenvalue weighted by molar-refractivity contribution is 6.71. The highest BCUT2D eigenvalue weighted by Crippen LogP contribution is 2.60. The molecule has 1 spiro atoms. The van der Waals surface area contributed by atoms with Crippen LogP contribution in [0.2, 0.25) is 23.7 Å². The van der Waals surface area contributed by atoms with Gasteiger partial charge in [-0.15, -0.1) is 0 Å².